The van der Waals surface area contributed by atoms with Crippen LogP contribution in [0.15, 0.2) is 0 Å². The quantitative estimate of drug-likeness (QED) is 0.0372. The summed E-state index contributed by atoms with van der Waals surface area (Å²) in [5, 5.41) is 13.8. The van der Waals surface area contributed by atoms with Crippen molar-refractivity contribution in [3.63, 3.8) is 0 Å². The molecule has 3 unspecified atom stereocenters. The van der Waals surface area contributed by atoms with Crippen molar-refractivity contribution in [2.24, 2.45) is 0 Å². The Morgan fingerprint density at radius 1 is 0.682 bits per heavy atom. The predicted molar refractivity (Wildman–Crippen MR) is 185 cm³/mol. The average Bonchev–Trinajstić information content (AvgIpc) is 2.95. The lowest BCUT2D eigenvalue weighted by Gasteiger charge is -2.26. The van der Waals surface area contributed by atoms with Crippen molar-refractivity contribution in [1.82, 2.24) is 5.32 Å². The van der Waals surface area contributed by atoms with Crippen molar-refractivity contribution in [2.45, 2.75) is 180 Å². The van der Waals surface area contributed by atoms with Gasteiger partial charge in [0.05, 0.1) is 39.9 Å². The Kier molecular flexibility index (Phi) is 28.4. The molecular weight excluding hydrogens is 575 g/mol. The summed E-state index contributed by atoms with van der Waals surface area (Å²) in [5.41, 5.74) is 0. The van der Waals surface area contributed by atoms with Crippen molar-refractivity contribution in [2.75, 3.05) is 40.9 Å². The molecule has 44 heavy (non-hydrogen) atoms. The fourth-order valence-corrected chi connectivity index (χ4v) is 6.07. The summed E-state index contributed by atoms with van der Waals surface area (Å²) >= 11 is 0. The molecule has 0 aliphatic heterocycles. The first-order valence-corrected chi connectivity index (χ1v) is 19.9. The molecular formula is C35H74N2O6P+. The minimum atomic E-state index is -4.29. The number of phosphoric acid groups is 1. The molecule has 0 aliphatic carbocycles. The first kappa shape index (κ1) is 43.5. The van der Waals surface area contributed by atoms with E-state index in [1.54, 1.807) is 0 Å². The zero-order valence-corrected chi connectivity index (χ0v) is 30.6. The van der Waals surface area contributed by atoms with E-state index in [1.807, 2.05) is 21.1 Å². The Balaban J connectivity index is 4.34. The van der Waals surface area contributed by atoms with Crippen molar-refractivity contribution >= 4 is 13.7 Å². The number of unbranched alkanes of at least 4 members (excludes halogenated alkanes) is 20. The lowest BCUT2D eigenvalue weighted by molar-refractivity contribution is -0.870. The zero-order chi connectivity index (χ0) is 32.9. The van der Waals surface area contributed by atoms with Crippen LogP contribution in [0.5, 0.6) is 0 Å². The number of quaternary nitrogens is 1. The molecule has 9 heteroatoms. The summed E-state index contributed by atoms with van der Waals surface area (Å²) in [6.07, 6.45) is 27.0. The highest BCUT2D eigenvalue weighted by Crippen LogP contribution is 2.43. The molecule has 0 bridgehead atoms. The third-order valence-electron chi connectivity index (χ3n) is 8.36. The second-order valence-electron chi connectivity index (χ2n) is 14.0. The van der Waals surface area contributed by atoms with Gasteiger partial charge < -0.3 is 19.8 Å². The molecule has 0 aliphatic rings. The van der Waals surface area contributed by atoms with Crippen LogP contribution in [0.2, 0.25) is 0 Å². The van der Waals surface area contributed by atoms with E-state index in [1.165, 1.54) is 103 Å². The lowest BCUT2D eigenvalue weighted by atomic mass is 10.0. The molecule has 0 aromatic carbocycles. The predicted octanol–water partition coefficient (Wildman–Crippen LogP) is 9.07. The number of phosphoric ester groups is 1. The first-order chi connectivity index (χ1) is 21.0. The standard InChI is InChI=1S/C35H73N2O6P/c1-6-8-10-12-14-15-16-17-18-19-20-21-23-25-27-29-35(39)36-33(34(38)28-26-24-22-13-11-9-7-2)32-43-44(40,41)42-31-30-37(3,4)5/h33-34,38H,6-32H2,1-5H3,(H-,36,39,40,41)/p+1. The summed E-state index contributed by atoms with van der Waals surface area (Å²) in [6, 6.07) is -0.749. The normalized spacial score (nSPS) is 14.8. The highest BCUT2D eigenvalue weighted by atomic mass is 31.2. The Morgan fingerprint density at radius 3 is 1.52 bits per heavy atom. The molecule has 8 nitrogen and oxygen atoms in total. The number of hydrogen-bond acceptors (Lipinski definition) is 5. The molecule has 0 saturated heterocycles. The second kappa shape index (κ2) is 28.7. The maximum atomic E-state index is 12.7. The molecule has 0 fully saturated rings. The van der Waals surface area contributed by atoms with Gasteiger partial charge in [0.1, 0.15) is 13.2 Å². The summed E-state index contributed by atoms with van der Waals surface area (Å²) in [5.74, 6) is -0.148. The minimum absolute atomic E-state index is 0.0775. The molecule has 0 aromatic heterocycles. The summed E-state index contributed by atoms with van der Waals surface area (Å²) < 4.78 is 23.4. The van der Waals surface area contributed by atoms with Crippen LogP contribution in [0.25, 0.3) is 0 Å². The maximum Gasteiger partial charge on any atom is 0.472 e. The summed E-state index contributed by atoms with van der Waals surface area (Å²) in [4.78, 5) is 22.9. The number of aliphatic hydroxyl groups excluding tert-OH is 1. The monoisotopic (exact) mass is 650 g/mol. The zero-order valence-electron chi connectivity index (χ0n) is 29.7. The van der Waals surface area contributed by atoms with E-state index in [0.717, 1.165) is 38.5 Å². The summed E-state index contributed by atoms with van der Waals surface area (Å²) in [6.45, 7) is 4.83. The summed E-state index contributed by atoms with van der Waals surface area (Å²) in [7, 11) is 1.62. The van der Waals surface area contributed by atoms with Gasteiger partial charge >= 0.3 is 7.82 Å². The number of likely N-dealkylation sites (N-methyl/N-ethyl adjacent to an activating group) is 1. The van der Waals surface area contributed by atoms with Gasteiger partial charge in [-0.2, -0.15) is 0 Å². The molecule has 0 radical (unpaired) electrons. The Labute approximate surface area is 272 Å². The van der Waals surface area contributed by atoms with Gasteiger partial charge in [-0.15, -0.1) is 0 Å². The first-order valence-electron chi connectivity index (χ1n) is 18.4. The van der Waals surface area contributed by atoms with Crippen LogP contribution in [0, 0.1) is 0 Å². The van der Waals surface area contributed by atoms with E-state index >= 15 is 0 Å². The Hall–Kier alpha value is -0.500. The number of carbonyl (C=O) groups excluding carboxylic acids is 1. The van der Waals surface area contributed by atoms with Crippen molar-refractivity contribution in [3.8, 4) is 0 Å². The number of nitrogens with one attached hydrogen (secondary N) is 1. The average molecular weight is 650 g/mol. The van der Waals surface area contributed by atoms with Gasteiger partial charge in [-0.1, -0.05) is 149 Å². The van der Waals surface area contributed by atoms with Crippen LogP contribution < -0.4 is 5.32 Å². The number of amides is 1. The van der Waals surface area contributed by atoms with Crippen LogP contribution >= 0.6 is 7.82 Å². The van der Waals surface area contributed by atoms with Gasteiger partial charge in [0.2, 0.25) is 5.91 Å². The van der Waals surface area contributed by atoms with Gasteiger partial charge in [0, 0.05) is 6.42 Å². The molecule has 3 N–H and O–H groups in total. The van der Waals surface area contributed by atoms with Crippen LogP contribution in [-0.2, 0) is 18.4 Å². The van der Waals surface area contributed by atoms with Crippen molar-refractivity contribution in [1.29, 1.82) is 0 Å². The van der Waals surface area contributed by atoms with E-state index in [-0.39, 0.29) is 19.1 Å². The van der Waals surface area contributed by atoms with Crippen molar-refractivity contribution in [3.05, 3.63) is 0 Å². The number of hydrogen-bond donors (Lipinski definition) is 3. The van der Waals surface area contributed by atoms with Crippen LogP contribution in [-0.4, -0.2) is 73.4 Å². The molecule has 0 aromatic rings. The highest BCUT2D eigenvalue weighted by Gasteiger charge is 2.28. The number of nitrogens with zero attached hydrogens (tertiary/aromatic N) is 1. The Bertz CT molecular complexity index is 703. The molecule has 264 valence electrons. The fraction of sp³-hybridized carbons (Fsp3) is 0.971. The molecule has 0 saturated carbocycles. The smallest absolute Gasteiger partial charge is 0.391 e. The number of rotatable bonds is 33. The molecule has 0 heterocycles. The van der Waals surface area contributed by atoms with Gasteiger partial charge in [-0.25, -0.2) is 4.57 Å². The maximum absolute atomic E-state index is 12.7. The van der Waals surface area contributed by atoms with Crippen molar-refractivity contribution < 1.29 is 32.9 Å². The SMILES string of the molecule is CCCCCCCCCCCCCCCCCC(=O)NC(COP(=O)(O)OCC[N+](C)(C)C)C(O)CCCCCCCCC. The molecule has 1 amide bonds. The molecule has 0 rings (SSSR count). The van der Waals surface area contributed by atoms with Gasteiger partial charge in [0.25, 0.3) is 0 Å². The fourth-order valence-electron chi connectivity index (χ4n) is 5.34. The van der Waals surface area contributed by atoms with Gasteiger partial charge in [-0.3, -0.25) is 13.8 Å². The van der Waals surface area contributed by atoms with E-state index in [4.69, 9.17) is 9.05 Å². The van der Waals surface area contributed by atoms with E-state index in [2.05, 4.69) is 19.2 Å². The number of aliphatic hydroxyl groups is 1. The lowest BCUT2D eigenvalue weighted by Crippen LogP contribution is -2.46. The largest absolute Gasteiger partial charge is 0.472 e. The van der Waals surface area contributed by atoms with Crippen LogP contribution in [0.1, 0.15) is 168 Å². The van der Waals surface area contributed by atoms with E-state index in [9.17, 15) is 19.4 Å². The Morgan fingerprint density at radius 2 is 1.09 bits per heavy atom. The van der Waals surface area contributed by atoms with Crippen LogP contribution in [0.3, 0.4) is 0 Å². The second-order valence-corrected chi connectivity index (χ2v) is 15.4. The third kappa shape index (κ3) is 30.2. The molecule has 3 atom stereocenters. The molecule has 0 spiro atoms. The van der Waals surface area contributed by atoms with Crippen LogP contribution in [0.4, 0.5) is 0 Å². The highest BCUT2D eigenvalue weighted by molar-refractivity contribution is 7.47. The van der Waals surface area contributed by atoms with Gasteiger partial charge in [0.15, 0.2) is 0 Å². The topological polar surface area (TPSA) is 105 Å². The minimum Gasteiger partial charge on any atom is -0.391 e. The number of carbonyl (C=O) groups is 1. The third-order valence-corrected chi connectivity index (χ3v) is 9.34. The van der Waals surface area contributed by atoms with E-state index < -0.39 is 20.0 Å². The van der Waals surface area contributed by atoms with Gasteiger partial charge in [-0.05, 0) is 12.8 Å². The van der Waals surface area contributed by atoms with E-state index in [0.29, 0.717) is 23.9 Å².